The van der Waals surface area contributed by atoms with Crippen molar-refractivity contribution in [1.82, 2.24) is 9.36 Å². The topological polar surface area (TPSA) is 25.8 Å². The van der Waals surface area contributed by atoms with Crippen LogP contribution in [-0.4, -0.2) is 9.36 Å². The highest BCUT2D eigenvalue weighted by molar-refractivity contribution is 14.1. The SMILES string of the molecule is Ic1nsc(CC2CCCC2)n1. The van der Waals surface area contributed by atoms with Crippen molar-refractivity contribution in [1.29, 1.82) is 0 Å². The van der Waals surface area contributed by atoms with Crippen LogP contribution in [0.3, 0.4) is 0 Å². The van der Waals surface area contributed by atoms with Gasteiger partial charge in [-0.3, -0.25) is 0 Å². The lowest BCUT2D eigenvalue weighted by atomic mass is 10.1. The maximum absolute atomic E-state index is 4.37. The molecule has 0 unspecified atom stereocenters. The quantitative estimate of drug-likeness (QED) is 0.784. The third kappa shape index (κ3) is 2.16. The molecule has 2 rings (SSSR count). The predicted molar refractivity (Wildman–Crippen MR) is 58.3 cm³/mol. The Morgan fingerprint density at radius 3 is 2.75 bits per heavy atom. The van der Waals surface area contributed by atoms with E-state index >= 15 is 0 Å². The molecule has 12 heavy (non-hydrogen) atoms. The van der Waals surface area contributed by atoms with Gasteiger partial charge in [0.1, 0.15) is 5.01 Å². The summed E-state index contributed by atoms with van der Waals surface area (Å²) in [6.45, 7) is 0. The van der Waals surface area contributed by atoms with Gasteiger partial charge < -0.3 is 0 Å². The Labute approximate surface area is 90.1 Å². The average molecular weight is 294 g/mol. The predicted octanol–water partition coefficient (Wildman–Crippen LogP) is 2.88. The number of rotatable bonds is 2. The summed E-state index contributed by atoms with van der Waals surface area (Å²) in [5.74, 6) is 0.897. The summed E-state index contributed by atoms with van der Waals surface area (Å²) in [6, 6.07) is 0. The first-order chi connectivity index (χ1) is 5.84. The summed E-state index contributed by atoms with van der Waals surface area (Å²) < 4.78 is 5.08. The largest absolute Gasteiger partial charge is 0.215 e. The summed E-state index contributed by atoms with van der Waals surface area (Å²) >= 11 is 3.74. The number of hydrogen-bond donors (Lipinski definition) is 0. The van der Waals surface area contributed by atoms with Crippen LogP contribution in [0.2, 0.25) is 0 Å². The van der Waals surface area contributed by atoms with Gasteiger partial charge in [-0.1, -0.05) is 25.7 Å². The van der Waals surface area contributed by atoms with E-state index in [2.05, 4.69) is 31.9 Å². The lowest BCUT2D eigenvalue weighted by Gasteiger charge is -2.03. The van der Waals surface area contributed by atoms with Crippen LogP contribution in [0, 0.1) is 9.75 Å². The highest BCUT2D eigenvalue weighted by Gasteiger charge is 2.17. The van der Waals surface area contributed by atoms with Gasteiger partial charge in [-0.15, -0.1) is 0 Å². The van der Waals surface area contributed by atoms with E-state index in [0.29, 0.717) is 0 Å². The first-order valence-corrected chi connectivity index (χ1v) is 6.18. The molecule has 0 N–H and O–H groups in total. The molecule has 0 amide bonds. The lowest BCUT2D eigenvalue weighted by Crippen LogP contribution is -1.97. The van der Waals surface area contributed by atoms with Gasteiger partial charge in [0.25, 0.3) is 0 Å². The van der Waals surface area contributed by atoms with Gasteiger partial charge in [0.15, 0.2) is 0 Å². The van der Waals surface area contributed by atoms with Crippen LogP contribution in [0.4, 0.5) is 0 Å². The van der Waals surface area contributed by atoms with E-state index in [1.807, 2.05) is 0 Å². The Hall–Kier alpha value is 0.290. The van der Waals surface area contributed by atoms with Crippen LogP contribution in [0.1, 0.15) is 30.7 Å². The molecule has 1 aliphatic carbocycles. The molecule has 0 spiro atoms. The molecule has 2 nitrogen and oxygen atoms in total. The molecule has 1 fully saturated rings. The van der Waals surface area contributed by atoms with Crippen molar-refractivity contribution in [3.05, 3.63) is 8.84 Å². The fraction of sp³-hybridized carbons (Fsp3) is 0.750. The Bertz CT molecular complexity index is 255. The van der Waals surface area contributed by atoms with E-state index in [1.54, 1.807) is 11.5 Å². The standard InChI is InChI=1S/C8H11IN2S/c9-8-10-7(12-11-8)5-6-3-1-2-4-6/h6H,1-5H2. The van der Waals surface area contributed by atoms with Crippen molar-refractivity contribution >= 4 is 34.1 Å². The second-order valence-corrected chi connectivity index (χ2v) is 5.11. The van der Waals surface area contributed by atoms with E-state index in [9.17, 15) is 0 Å². The van der Waals surface area contributed by atoms with E-state index in [4.69, 9.17) is 0 Å². The zero-order chi connectivity index (χ0) is 8.39. The summed E-state index contributed by atoms with van der Waals surface area (Å²) in [6.07, 6.45) is 6.80. The minimum Gasteiger partial charge on any atom is -0.215 e. The van der Waals surface area contributed by atoms with Gasteiger partial charge in [0, 0.05) is 29.0 Å². The van der Waals surface area contributed by atoms with Crippen LogP contribution < -0.4 is 0 Å². The van der Waals surface area contributed by atoms with Crippen molar-refractivity contribution in [2.45, 2.75) is 32.1 Å². The molecule has 1 aliphatic rings. The third-order valence-electron chi connectivity index (χ3n) is 2.38. The molecule has 1 saturated carbocycles. The van der Waals surface area contributed by atoms with Gasteiger partial charge >= 0.3 is 0 Å². The zero-order valence-corrected chi connectivity index (χ0v) is 9.77. The molecule has 1 aromatic rings. The summed E-state index contributed by atoms with van der Waals surface area (Å²) in [7, 11) is 0. The highest BCUT2D eigenvalue weighted by atomic mass is 127. The molecular formula is C8H11IN2S. The van der Waals surface area contributed by atoms with Crippen LogP contribution in [0.25, 0.3) is 0 Å². The molecule has 4 heteroatoms. The molecule has 1 aromatic heterocycles. The van der Waals surface area contributed by atoms with Crippen molar-refractivity contribution < 1.29 is 0 Å². The van der Waals surface area contributed by atoms with Crippen molar-refractivity contribution in [2.75, 3.05) is 0 Å². The van der Waals surface area contributed by atoms with Crippen LogP contribution >= 0.6 is 34.1 Å². The molecule has 0 atom stereocenters. The van der Waals surface area contributed by atoms with Gasteiger partial charge in [-0.2, -0.15) is 4.37 Å². The maximum atomic E-state index is 4.37. The molecule has 0 bridgehead atoms. The molecule has 0 radical (unpaired) electrons. The summed E-state index contributed by atoms with van der Waals surface area (Å²) in [5.41, 5.74) is 0. The summed E-state index contributed by atoms with van der Waals surface area (Å²) in [5, 5.41) is 1.23. The van der Waals surface area contributed by atoms with Crippen molar-refractivity contribution in [3.8, 4) is 0 Å². The molecule has 0 aliphatic heterocycles. The van der Waals surface area contributed by atoms with E-state index in [0.717, 1.165) is 9.75 Å². The molecule has 0 aromatic carbocycles. The van der Waals surface area contributed by atoms with Gasteiger partial charge in [0.05, 0.1) is 0 Å². The Kier molecular flexibility index (Phi) is 2.96. The number of aromatic nitrogens is 2. The summed E-state index contributed by atoms with van der Waals surface area (Å²) in [4.78, 5) is 4.37. The van der Waals surface area contributed by atoms with E-state index in [1.165, 1.54) is 37.1 Å². The Morgan fingerprint density at radius 1 is 1.42 bits per heavy atom. The molecule has 66 valence electrons. The fourth-order valence-corrected chi connectivity index (χ4v) is 3.19. The second-order valence-electron chi connectivity index (χ2n) is 3.31. The monoisotopic (exact) mass is 294 g/mol. The fourth-order valence-electron chi connectivity index (χ4n) is 1.78. The van der Waals surface area contributed by atoms with Crippen molar-refractivity contribution in [2.24, 2.45) is 5.92 Å². The van der Waals surface area contributed by atoms with E-state index < -0.39 is 0 Å². The zero-order valence-electron chi connectivity index (χ0n) is 6.79. The highest BCUT2D eigenvalue weighted by Crippen LogP contribution is 2.28. The Morgan fingerprint density at radius 2 is 2.17 bits per heavy atom. The van der Waals surface area contributed by atoms with Crippen LogP contribution in [0.5, 0.6) is 0 Å². The van der Waals surface area contributed by atoms with Gasteiger partial charge in [0.2, 0.25) is 3.83 Å². The van der Waals surface area contributed by atoms with Crippen LogP contribution in [0.15, 0.2) is 0 Å². The third-order valence-corrected chi connectivity index (χ3v) is 3.92. The normalized spacial score (nSPS) is 18.8. The first-order valence-electron chi connectivity index (χ1n) is 4.32. The smallest absolute Gasteiger partial charge is 0.203 e. The lowest BCUT2D eigenvalue weighted by molar-refractivity contribution is 0.544. The minimum atomic E-state index is 0.897. The number of halogens is 1. The van der Waals surface area contributed by atoms with Crippen LogP contribution in [-0.2, 0) is 6.42 Å². The maximum Gasteiger partial charge on any atom is 0.203 e. The Balaban J connectivity index is 1.94. The number of hydrogen-bond acceptors (Lipinski definition) is 3. The first kappa shape index (κ1) is 8.87. The average Bonchev–Trinajstić information content (AvgIpc) is 2.63. The molecular weight excluding hydrogens is 283 g/mol. The molecule has 1 heterocycles. The molecule has 0 saturated heterocycles. The second kappa shape index (κ2) is 4.00. The van der Waals surface area contributed by atoms with Crippen molar-refractivity contribution in [3.63, 3.8) is 0 Å². The van der Waals surface area contributed by atoms with E-state index in [-0.39, 0.29) is 0 Å². The van der Waals surface area contributed by atoms with Gasteiger partial charge in [-0.25, -0.2) is 4.98 Å². The minimum absolute atomic E-state index is 0.897. The van der Waals surface area contributed by atoms with Gasteiger partial charge in [-0.05, 0) is 17.5 Å². The number of nitrogens with zero attached hydrogens (tertiary/aromatic N) is 2.